The van der Waals surface area contributed by atoms with E-state index in [0.29, 0.717) is 11.4 Å². The average molecular weight is 339 g/mol. The maximum Gasteiger partial charge on any atom is 0.413 e. The van der Waals surface area contributed by atoms with E-state index >= 15 is 0 Å². The quantitative estimate of drug-likeness (QED) is 0.622. The van der Waals surface area contributed by atoms with Gasteiger partial charge in [-0.2, -0.15) is 18.3 Å². The molecule has 128 valence electrons. The van der Waals surface area contributed by atoms with Gasteiger partial charge in [-0.15, -0.1) is 0 Å². The van der Waals surface area contributed by atoms with E-state index in [4.69, 9.17) is 0 Å². The Hall–Kier alpha value is -2.64. The first kappa shape index (κ1) is 17.7. The number of nitrogens with zero attached hydrogens (tertiary/aromatic N) is 3. The number of hydrogen-bond acceptors (Lipinski definition) is 3. The highest BCUT2D eigenvalue weighted by atomic mass is 19.4. The van der Waals surface area contributed by atoms with Crippen molar-refractivity contribution in [3.63, 3.8) is 0 Å². The highest BCUT2D eigenvalue weighted by Gasteiger charge is 2.46. The van der Waals surface area contributed by atoms with Crippen LogP contribution in [0.15, 0.2) is 42.7 Å². The van der Waals surface area contributed by atoms with Gasteiger partial charge in [0.05, 0.1) is 11.8 Å². The summed E-state index contributed by atoms with van der Waals surface area (Å²) >= 11 is 0. The van der Waals surface area contributed by atoms with Crippen molar-refractivity contribution in [3.8, 4) is 0 Å². The average Bonchev–Trinajstić information content (AvgIpc) is 3.02. The number of halogens is 3. The normalized spacial score (nSPS) is 12.7. The lowest BCUT2D eigenvalue weighted by molar-refractivity contribution is -0.186. The second-order valence-corrected chi connectivity index (χ2v) is 5.18. The van der Waals surface area contributed by atoms with Gasteiger partial charge < -0.3 is 4.90 Å². The molecule has 0 aliphatic carbocycles. The van der Waals surface area contributed by atoms with Crippen molar-refractivity contribution in [2.45, 2.75) is 25.7 Å². The Labute approximate surface area is 136 Å². The van der Waals surface area contributed by atoms with Gasteiger partial charge >= 0.3 is 6.18 Å². The molecule has 0 saturated heterocycles. The van der Waals surface area contributed by atoms with Crippen LogP contribution in [-0.4, -0.2) is 39.6 Å². The largest absolute Gasteiger partial charge is 0.413 e. The van der Waals surface area contributed by atoms with Crippen LogP contribution >= 0.6 is 0 Å². The number of benzene rings is 1. The standard InChI is InChI=1S/C16H16F3N3O2/c1-3-22-10-12(9-20-22)13(23)15(24)21(2)14(16(17,18)19)11-7-5-4-6-8-11/h4-10,14H,3H2,1-2H3. The zero-order valence-electron chi connectivity index (χ0n) is 13.1. The second-order valence-electron chi connectivity index (χ2n) is 5.18. The van der Waals surface area contributed by atoms with Crippen molar-refractivity contribution in [2.75, 3.05) is 7.05 Å². The van der Waals surface area contributed by atoms with Crippen molar-refractivity contribution in [2.24, 2.45) is 0 Å². The van der Waals surface area contributed by atoms with Gasteiger partial charge in [0.25, 0.3) is 11.7 Å². The molecule has 0 saturated carbocycles. The van der Waals surface area contributed by atoms with E-state index in [1.807, 2.05) is 0 Å². The van der Waals surface area contributed by atoms with Crippen molar-refractivity contribution < 1.29 is 22.8 Å². The summed E-state index contributed by atoms with van der Waals surface area (Å²) in [6.07, 6.45) is -2.21. The zero-order valence-corrected chi connectivity index (χ0v) is 13.1. The Morgan fingerprint density at radius 2 is 1.88 bits per heavy atom. The highest BCUT2D eigenvalue weighted by molar-refractivity contribution is 6.42. The molecular weight excluding hydrogens is 323 g/mol. The van der Waals surface area contributed by atoms with E-state index in [1.165, 1.54) is 41.3 Å². The van der Waals surface area contributed by atoms with Crippen LogP contribution in [0.1, 0.15) is 28.9 Å². The number of alkyl halides is 3. The van der Waals surface area contributed by atoms with Gasteiger partial charge in [0.2, 0.25) is 0 Å². The number of carbonyl (C=O) groups is 2. The van der Waals surface area contributed by atoms with Crippen LogP contribution in [0, 0.1) is 0 Å². The van der Waals surface area contributed by atoms with E-state index in [-0.39, 0.29) is 11.1 Å². The van der Waals surface area contributed by atoms with Crippen LogP contribution in [-0.2, 0) is 11.3 Å². The Balaban J connectivity index is 2.30. The number of aryl methyl sites for hydroxylation is 1. The van der Waals surface area contributed by atoms with Crippen molar-refractivity contribution in [3.05, 3.63) is 53.9 Å². The van der Waals surface area contributed by atoms with Crippen LogP contribution < -0.4 is 0 Å². The number of likely N-dealkylation sites (N-methyl/N-ethyl adjacent to an activating group) is 1. The maximum atomic E-state index is 13.4. The Morgan fingerprint density at radius 3 is 2.38 bits per heavy atom. The maximum absolute atomic E-state index is 13.4. The summed E-state index contributed by atoms with van der Waals surface area (Å²) in [7, 11) is 0.968. The Morgan fingerprint density at radius 1 is 1.25 bits per heavy atom. The summed E-state index contributed by atoms with van der Waals surface area (Å²) in [5.74, 6) is -2.26. The van der Waals surface area contributed by atoms with Crippen LogP contribution in [0.3, 0.4) is 0 Å². The molecule has 1 unspecified atom stereocenters. The van der Waals surface area contributed by atoms with E-state index in [1.54, 1.807) is 13.0 Å². The van der Waals surface area contributed by atoms with E-state index in [9.17, 15) is 22.8 Å². The molecule has 8 heteroatoms. The summed E-state index contributed by atoms with van der Waals surface area (Å²) in [5, 5.41) is 3.85. The summed E-state index contributed by atoms with van der Waals surface area (Å²) in [6, 6.07) is 4.79. The molecule has 0 spiro atoms. The molecule has 0 aliphatic heterocycles. The molecule has 1 aromatic heterocycles. The molecule has 0 radical (unpaired) electrons. The Kier molecular flexibility index (Phi) is 5.06. The molecule has 5 nitrogen and oxygen atoms in total. The molecule has 0 bridgehead atoms. The fourth-order valence-electron chi connectivity index (χ4n) is 2.32. The lowest BCUT2D eigenvalue weighted by Crippen LogP contribution is -2.42. The van der Waals surface area contributed by atoms with E-state index in [0.717, 1.165) is 7.05 Å². The van der Waals surface area contributed by atoms with Gasteiger partial charge in [-0.1, -0.05) is 30.3 Å². The number of aromatic nitrogens is 2. The lowest BCUT2D eigenvalue weighted by atomic mass is 10.0. The molecule has 0 N–H and O–H groups in total. The molecule has 24 heavy (non-hydrogen) atoms. The molecule has 2 aromatic rings. The summed E-state index contributed by atoms with van der Waals surface area (Å²) in [6.45, 7) is 2.26. The highest BCUT2D eigenvalue weighted by Crippen LogP contribution is 2.37. The number of Topliss-reactive ketones (excluding diaryl/α,β-unsaturated/α-hetero) is 1. The first-order chi connectivity index (χ1) is 11.3. The SMILES string of the molecule is CCn1cc(C(=O)C(=O)N(C)C(c2ccccc2)C(F)(F)F)cn1. The van der Waals surface area contributed by atoms with Gasteiger partial charge in [0.15, 0.2) is 6.04 Å². The third kappa shape index (κ3) is 3.64. The van der Waals surface area contributed by atoms with Crippen LogP contribution in [0.25, 0.3) is 0 Å². The number of ketones is 1. The number of rotatable bonds is 5. The summed E-state index contributed by atoms with van der Waals surface area (Å²) in [4.78, 5) is 24.8. The molecule has 2 rings (SSSR count). The third-order valence-corrected chi connectivity index (χ3v) is 3.55. The zero-order chi connectivity index (χ0) is 17.9. The topological polar surface area (TPSA) is 55.2 Å². The molecule has 1 atom stereocenters. The molecular formula is C16H16F3N3O2. The predicted octanol–water partition coefficient (Wildman–Crippen LogP) is 2.85. The van der Waals surface area contributed by atoms with Crippen LogP contribution in [0.4, 0.5) is 13.2 Å². The Bertz CT molecular complexity index is 726. The van der Waals surface area contributed by atoms with Gasteiger partial charge in [-0.05, 0) is 12.5 Å². The summed E-state index contributed by atoms with van der Waals surface area (Å²) < 4.78 is 41.7. The number of carbonyl (C=O) groups excluding carboxylic acids is 2. The van der Waals surface area contributed by atoms with Crippen molar-refractivity contribution in [1.29, 1.82) is 0 Å². The van der Waals surface area contributed by atoms with Crippen LogP contribution in [0.5, 0.6) is 0 Å². The number of hydrogen-bond donors (Lipinski definition) is 0. The molecule has 1 amide bonds. The van der Waals surface area contributed by atoms with Gasteiger partial charge in [-0.25, -0.2) is 0 Å². The van der Waals surface area contributed by atoms with E-state index in [2.05, 4.69) is 5.10 Å². The molecule has 1 aromatic carbocycles. The minimum Gasteiger partial charge on any atom is -0.323 e. The fraction of sp³-hybridized carbons (Fsp3) is 0.312. The molecule has 1 heterocycles. The van der Waals surface area contributed by atoms with Crippen molar-refractivity contribution in [1.82, 2.24) is 14.7 Å². The second kappa shape index (κ2) is 6.86. The molecule has 0 aliphatic rings. The van der Waals surface area contributed by atoms with Crippen LogP contribution in [0.2, 0.25) is 0 Å². The lowest BCUT2D eigenvalue weighted by Gasteiger charge is -2.29. The smallest absolute Gasteiger partial charge is 0.323 e. The third-order valence-electron chi connectivity index (χ3n) is 3.55. The van der Waals surface area contributed by atoms with Gasteiger partial charge in [0.1, 0.15) is 0 Å². The fourth-order valence-corrected chi connectivity index (χ4v) is 2.32. The minimum atomic E-state index is -4.71. The minimum absolute atomic E-state index is 0.0392. The first-order valence-electron chi connectivity index (χ1n) is 7.21. The first-order valence-corrected chi connectivity index (χ1v) is 7.21. The van der Waals surface area contributed by atoms with E-state index < -0.39 is 23.9 Å². The predicted molar refractivity (Wildman–Crippen MR) is 80.2 cm³/mol. The summed E-state index contributed by atoms with van der Waals surface area (Å²) in [5.41, 5.74) is -0.152. The van der Waals surface area contributed by atoms with Gasteiger partial charge in [0, 0.05) is 19.8 Å². The van der Waals surface area contributed by atoms with Gasteiger partial charge in [-0.3, -0.25) is 14.3 Å². The number of amides is 1. The monoisotopic (exact) mass is 339 g/mol. The molecule has 0 fully saturated rings. The van der Waals surface area contributed by atoms with Crippen molar-refractivity contribution >= 4 is 11.7 Å².